The molecule has 0 amide bonds. The topological polar surface area (TPSA) is 103 Å². The highest BCUT2D eigenvalue weighted by Gasteiger charge is 2.29. The van der Waals surface area contributed by atoms with Gasteiger partial charge in [0.05, 0.1) is 5.69 Å². The summed E-state index contributed by atoms with van der Waals surface area (Å²) < 4.78 is 29.5. The van der Waals surface area contributed by atoms with Crippen molar-refractivity contribution in [3.8, 4) is 0 Å². The smallest absolute Gasteiger partial charge is 0.342 e. The zero-order chi connectivity index (χ0) is 16.8. The monoisotopic (exact) mass is 354 g/mol. The number of quaternary nitrogens is 1. The molecule has 0 spiro atoms. The molecule has 2 N–H and O–H groups in total. The van der Waals surface area contributed by atoms with Crippen molar-refractivity contribution in [2.24, 2.45) is 4.99 Å². The highest BCUT2D eigenvalue weighted by molar-refractivity contribution is 7.87. The first-order valence-corrected chi connectivity index (χ1v) is 8.23. The van der Waals surface area contributed by atoms with Gasteiger partial charge in [-0.05, 0) is 36.8 Å². The largest absolute Gasteiger partial charge is 0.595 e. The molecule has 0 aliphatic carbocycles. The first-order chi connectivity index (χ1) is 10.8. The number of aryl methyl sites for hydroxylation is 1. The van der Waals surface area contributed by atoms with Crippen LogP contribution in [0, 0.1) is 12.1 Å². The summed E-state index contributed by atoms with van der Waals surface area (Å²) in [4.78, 5) is 4.10. The van der Waals surface area contributed by atoms with E-state index in [0.29, 0.717) is 16.1 Å². The van der Waals surface area contributed by atoms with Crippen LogP contribution in [-0.2, 0) is 14.3 Å². The molecule has 23 heavy (non-hydrogen) atoms. The van der Waals surface area contributed by atoms with E-state index in [1.165, 1.54) is 30.3 Å². The van der Waals surface area contributed by atoms with Gasteiger partial charge >= 0.3 is 10.1 Å². The Kier molecular flexibility index (Phi) is 3.86. The summed E-state index contributed by atoms with van der Waals surface area (Å²) >= 11 is 5.95. The minimum atomic E-state index is -4.04. The van der Waals surface area contributed by atoms with Crippen LogP contribution in [0.15, 0.2) is 46.3 Å². The van der Waals surface area contributed by atoms with Gasteiger partial charge in [-0.1, -0.05) is 11.6 Å². The van der Waals surface area contributed by atoms with E-state index in [1.54, 1.807) is 13.0 Å². The van der Waals surface area contributed by atoms with Crippen molar-refractivity contribution in [3.05, 3.63) is 57.8 Å². The van der Waals surface area contributed by atoms with Crippen LogP contribution in [0.1, 0.15) is 11.1 Å². The Morgan fingerprint density at radius 2 is 1.91 bits per heavy atom. The molecule has 2 aromatic rings. The molecule has 0 saturated carbocycles. The fourth-order valence-corrected chi connectivity index (χ4v) is 3.36. The van der Waals surface area contributed by atoms with Crippen molar-refractivity contribution >= 4 is 39.0 Å². The lowest BCUT2D eigenvalue weighted by Gasteiger charge is -2.18. The zero-order valence-electron chi connectivity index (χ0n) is 11.8. The van der Waals surface area contributed by atoms with E-state index in [0.717, 1.165) is 0 Å². The molecular weight excluding hydrogens is 344 g/mol. The fraction of sp³-hybridized carbons (Fsp3) is 0.0714. The third kappa shape index (κ3) is 2.94. The van der Waals surface area contributed by atoms with Crippen molar-refractivity contribution in [2.75, 3.05) is 0 Å². The minimum Gasteiger partial charge on any atom is -0.595 e. The van der Waals surface area contributed by atoms with E-state index >= 15 is 0 Å². The number of aliphatic imine (C=N–C) groups is 1. The molecule has 0 saturated heterocycles. The van der Waals surface area contributed by atoms with Crippen molar-refractivity contribution < 1.29 is 23.0 Å². The molecule has 120 valence electrons. The number of nitrogens with zero attached hydrogens (tertiary/aromatic N) is 1. The van der Waals surface area contributed by atoms with Crippen molar-refractivity contribution in [2.45, 2.75) is 11.8 Å². The van der Waals surface area contributed by atoms with E-state index in [9.17, 15) is 13.6 Å². The van der Waals surface area contributed by atoms with Crippen molar-refractivity contribution in [1.82, 2.24) is 0 Å². The Morgan fingerprint density at radius 3 is 2.52 bits per heavy atom. The van der Waals surface area contributed by atoms with Crippen LogP contribution in [0.5, 0.6) is 0 Å². The Labute approximate surface area is 137 Å². The Bertz CT molecular complexity index is 908. The number of hydrogen-bond acceptors (Lipinski definition) is 6. The lowest BCUT2D eigenvalue weighted by Crippen LogP contribution is -2.99. The first-order valence-electron chi connectivity index (χ1n) is 6.45. The van der Waals surface area contributed by atoms with Crippen LogP contribution in [0.25, 0.3) is 0 Å². The van der Waals surface area contributed by atoms with Crippen LogP contribution in [0.4, 0.5) is 11.4 Å². The third-order valence-electron chi connectivity index (χ3n) is 3.30. The summed E-state index contributed by atoms with van der Waals surface area (Å²) in [6.07, 6.45) is 0. The second-order valence-electron chi connectivity index (χ2n) is 4.91. The maximum absolute atomic E-state index is 12.2. The molecule has 0 radical (unpaired) electrons. The second-order valence-corrected chi connectivity index (χ2v) is 6.83. The Morgan fingerprint density at radius 1 is 1.26 bits per heavy atom. The average molecular weight is 355 g/mol. The van der Waals surface area contributed by atoms with E-state index in [4.69, 9.17) is 21.0 Å². The molecule has 3 rings (SSSR count). The molecule has 0 fully saturated rings. The van der Waals surface area contributed by atoms with Crippen LogP contribution >= 0.6 is 11.6 Å². The summed E-state index contributed by atoms with van der Waals surface area (Å²) in [6.45, 7) is 1.74. The molecule has 7 nitrogen and oxygen atoms in total. The number of benzene rings is 2. The van der Waals surface area contributed by atoms with Crippen LogP contribution < -0.4 is 5.23 Å². The number of nitrogens with one attached hydrogen (secondary N) is 1. The van der Waals surface area contributed by atoms with Gasteiger partial charge in [-0.2, -0.15) is 13.6 Å². The predicted octanol–water partition coefficient (Wildman–Crippen LogP) is 1.85. The molecule has 1 unspecified atom stereocenters. The summed E-state index contributed by atoms with van der Waals surface area (Å²) in [5.74, 6) is -0.115. The highest BCUT2D eigenvalue weighted by atomic mass is 35.5. The van der Waals surface area contributed by atoms with Gasteiger partial charge < -0.3 is 9.39 Å². The number of hydrogen-bond donors (Lipinski definition) is 2. The maximum atomic E-state index is 12.2. The lowest BCUT2D eigenvalue weighted by molar-refractivity contribution is -0.991. The van der Waals surface area contributed by atoms with Crippen LogP contribution in [0.2, 0.25) is 5.02 Å². The average Bonchev–Trinajstić information content (AvgIpc) is 2.49. The molecule has 9 heteroatoms. The second kappa shape index (κ2) is 5.59. The van der Waals surface area contributed by atoms with Gasteiger partial charge in [0, 0.05) is 22.7 Å². The van der Waals surface area contributed by atoms with Gasteiger partial charge in [-0.3, -0.25) is 0 Å². The molecule has 2 aromatic carbocycles. The minimum absolute atomic E-state index is 0.0797. The predicted molar refractivity (Wildman–Crippen MR) is 82.9 cm³/mol. The molecule has 1 aliphatic rings. The first kappa shape index (κ1) is 15.9. The van der Waals surface area contributed by atoms with Gasteiger partial charge in [0.2, 0.25) is 5.90 Å². The van der Waals surface area contributed by atoms with Gasteiger partial charge in [-0.15, -0.1) is 0 Å². The normalized spacial score (nSPS) is 17.0. The number of fused-ring (bicyclic) bond motifs is 1. The van der Waals surface area contributed by atoms with Gasteiger partial charge in [-0.25, -0.2) is 10.2 Å². The van der Waals surface area contributed by atoms with Crippen LogP contribution in [-0.4, -0.2) is 19.5 Å². The molecule has 1 aliphatic heterocycles. The third-order valence-corrected chi connectivity index (χ3v) is 4.95. The van der Waals surface area contributed by atoms with Crippen LogP contribution in [0.3, 0.4) is 0 Å². The molecular formula is C14H11ClN2O5S. The summed E-state index contributed by atoms with van der Waals surface area (Å²) in [7, 11) is -4.04. The fourth-order valence-electron chi connectivity index (χ4n) is 2.08. The summed E-state index contributed by atoms with van der Waals surface area (Å²) in [6, 6.07) is 8.42. The van der Waals surface area contributed by atoms with E-state index in [2.05, 4.69) is 4.99 Å². The van der Waals surface area contributed by atoms with Gasteiger partial charge in [0.25, 0.3) is 0 Å². The number of halogens is 1. The van der Waals surface area contributed by atoms with Gasteiger partial charge in [0.15, 0.2) is 5.69 Å². The highest BCUT2D eigenvalue weighted by Crippen LogP contribution is 2.35. The van der Waals surface area contributed by atoms with Crippen molar-refractivity contribution in [1.29, 1.82) is 0 Å². The SMILES string of the molecule is Cc1cc2c(cc1Cl)S(=O)(=O)OC(c1ccc([NH+]([O-])O)cc1)=N2. The lowest BCUT2D eigenvalue weighted by atomic mass is 10.2. The molecule has 0 bridgehead atoms. The molecule has 1 atom stereocenters. The van der Waals surface area contributed by atoms with E-state index in [-0.39, 0.29) is 22.2 Å². The molecule has 1 heterocycles. The van der Waals surface area contributed by atoms with Gasteiger partial charge in [0.1, 0.15) is 4.90 Å². The summed E-state index contributed by atoms with van der Waals surface area (Å²) in [5.41, 5.74) is 1.36. The standard InChI is InChI=1S/C14H11ClN2O5S/c1-8-6-12-13(7-11(8)15)23(20,21)22-14(16-12)9-2-4-10(5-3-9)17(18)19/h2-7,17-18H,1H3. The summed E-state index contributed by atoms with van der Waals surface area (Å²) in [5, 5.41) is 19.0. The Balaban J connectivity index is 2.11. The zero-order valence-corrected chi connectivity index (χ0v) is 13.4. The maximum Gasteiger partial charge on any atom is 0.342 e. The van der Waals surface area contributed by atoms with Crippen molar-refractivity contribution in [3.63, 3.8) is 0 Å². The quantitative estimate of drug-likeness (QED) is 0.632. The molecule has 0 aromatic heterocycles. The number of rotatable bonds is 2. The Hall–Kier alpha value is -1.97. The van der Waals surface area contributed by atoms with E-state index < -0.39 is 15.3 Å². The van der Waals surface area contributed by atoms with E-state index in [1.807, 2.05) is 0 Å².